The van der Waals surface area contributed by atoms with E-state index in [4.69, 9.17) is 14.6 Å². The fourth-order valence-electron chi connectivity index (χ4n) is 3.24. The van der Waals surface area contributed by atoms with Gasteiger partial charge in [-0.15, -0.1) is 0 Å². The van der Waals surface area contributed by atoms with Crippen molar-refractivity contribution in [3.63, 3.8) is 0 Å². The minimum absolute atomic E-state index is 0.0697. The largest absolute Gasteiger partial charge is 0.481 e. The molecule has 0 saturated heterocycles. The normalized spacial score (nSPS) is 10.5. The number of hydroxylamine groups is 1. The van der Waals surface area contributed by atoms with E-state index in [1.54, 1.807) is 46.8 Å². The molecule has 0 heterocycles. The van der Waals surface area contributed by atoms with Crippen LogP contribution in [0.5, 0.6) is 0 Å². The van der Waals surface area contributed by atoms with Crippen molar-refractivity contribution in [3.8, 4) is 0 Å². The van der Waals surface area contributed by atoms with Crippen molar-refractivity contribution < 1.29 is 48.2 Å². The highest BCUT2D eigenvalue weighted by Crippen LogP contribution is 2.18. The van der Waals surface area contributed by atoms with E-state index in [1.165, 1.54) is 19.6 Å². The lowest BCUT2D eigenvalue weighted by molar-refractivity contribution is -0.148. The molecule has 0 aromatic heterocycles. The summed E-state index contributed by atoms with van der Waals surface area (Å²) in [5.74, 6) is -3.65. The van der Waals surface area contributed by atoms with Crippen LogP contribution in [0.25, 0.3) is 0 Å². The van der Waals surface area contributed by atoms with Gasteiger partial charge >= 0.3 is 11.9 Å². The molecule has 50 heavy (non-hydrogen) atoms. The van der Waals surface area contributed by atoms with Crippen molar-refractivity contribution in [2.24, 2.45) is 17.6 Å². The van der Waals surface area contributed by atoms with Crippen molar-refractivity contribution >= 4 is 47.7 Å². The summed E-state index contributed by atoms with van der Waals surface area (Å²) in [6.07, 6.45) is 1.70. The van der Waals surface area contributed by atoms with Crippen LogP contribution in [0.4, 0.5) is 5.69 Å². The van der Waals surface area contributed by atoms with Crippen LogP contribution in [-0.2, 0) is 44.9 Å². The van der Waals surface area contributed by atoms with Crippen LogP contribution in [0.2, 0.25) is 0 Å². The number of carboxylic acids is 1. The Balaban J connectivity index is -0.00000144. The fraction of sp³-hybridized carbons (Fsp3) is 0.606. The van der Waals surface area contributed by atoms with Crippen molar-refractivity contribution in [2.75, 3.05) is 39.1 Å². The number of anilines is 1. The summed E-state index contributed by atoms with van der Waals surface area (Å²) in [6.45, 7) is 15.2. The monoisotopic (exact) mass is 713 g/mol. The van der Waals surface area contributed by atoms with Gasteiger partial charge in [0.2, 0.25) is 24.1 Å². The molecule has 286 valence electrons. The number of primary amides is 1. The van der Waals surface area contributed by atoms with Gasteiger partial charge in [0.15, 0.2) is 0 Å². The highest BCUT2D eigenvalue weighted by Gasteiger charge is 2.24. The number of carbonyl (C=O) groups is 7. The second kappa shape index (κ2) is 30.4. The Morgan fingerprint density at radius 1 is 0.960 bits per heavy atom. The molecular formula is C33H59N7O10. The summed E-state index contributed by atoms with van der Waals surface area (Å²) in [6, 6.07) is 3.80. The van der Waals surface area contributed by atoms with E-state index in [1.807, 2.05) is 20.9 Å². The van der Waals surface area contributed by atoms with Crippen LogP contribution in [0.15, 0.2) is 18.2 Å². The van der Waals surface area contributed by atoms with Crippen molar-refractivity contribution in [1.29, 1.82) is 0 Å². The third kappa shape index (κ3) is 26.4. The summed E-state index contributed by atoms with van der Waals surface area (Å²) < 4.78 is 5.21. The standard InChI is InChI=1S/C25H39N5O7.C4H11N.C3H6O2.CH3NO/c1-14(2)22(29-21(32)11-26-16(5)6)24(34)27-12-20(31)28-18-9-8-17(13-37-25(35)15(3)4)19(10-18)23(33)30-36-7;1-3-4-5-2;1-2-3(4)5;2-1-3/h8-10,14-16,22,26H,11-13H2,1-7H3,(H,27,34)(H,28,31)(H,29,32)(H,30,33);5H,3-4H2,1-2H3;2H2,1H3,(H,4,5);1H,(H2,2,3). The fourth-order valence-corrected chi connectivity index (χ4v) is 3.24. The zero-order chi connectivity index (χ0) is 39.2. The Hall–Kier alpha value is -4.61. The molecule has 9 N–H and O–H groups in total. The lowest BCUT2D eigenvalue weighted by Gasteiger charge is -2.22. The number of nitrogens with one attached hydrogen (secondary N) is 6. The third-order valence-corrected chi connectivity index (χ3v) is 5.84. The predicted molar refractivity (Wildman–Crippen MR) is 189 cm³/mol. The number of carbonyl (C=O) groups excluding carboxylic acids is 6. The second-order valence-electron chi connectivity index (χ2n) is 11.3. The van der Waals surface area contributed by atoms with E-state index in [0.717, 1.165) is 6.54 Å². The second-order valence-corrected chi connectivity index (χ2v) is 11.3. The predicted octanol–water partition coefficient (Wildman–Crippen LogP) is 1.07. The molecule has 0 fully saturated rings. The van der Waals surface area contributed by atoms with Crippen LogP contribution >= 0.6 is 0 Å². The number of carboxylic acid groups (broad SMARTS) is 1. The smallest absolute Gasteiger partial charge is 0.308 e. The molecule has 0 bridgehead atoms. The first-order chi connectivity index (χ1) is 23.4. The van der Waals surface area contributed by atoms with Crippen molar-refractivity contribution in [2.45, 2.75) is 86.9 Å². The number of benzene rings is 1. The minimum atomic E-state index is -0.813. The molecule has 0 spiro atoms. The molecule has 17 heteroatoms. The van der Waals surface area contributed by atoms with Crippen molar-refractivity contribution in [1.82, 2.24) is 26.7 Å². The number of ether oxygens (including phenoxy) is 1. The number of hydrogen-bond acceptors (Lipinski definition) is 11. The number of amides is 5. The zero-order valence-corrected chi connectivity index (χ0v) is 31.1. The zero-order valence-electron chi connectivity index (χ0n) is 31.1. The van der Waals surface area contributed by atoms with Gasteiger partial charge in [-0.2, -0.15) is 0 Å². The molecule has 1 unspecified atom stereocenters. The summed E-state index contributed by atoms with van der Waals surface area (Å²) >= 11 is 0. The van der Waals surface area contributed by atoms with E-state index >= 15 is 0 Å². The van der Waals surface area contributed by atoms with Gasteiger partial charge < -0.3 is 42.2 Å². The molecule has 0 radical (unpaired) electrons. The van der Waals surface area contributed by atoms with Gasteiger partial charge in [-0.3, -0.25) is 38.4 Å². The van der Waals surface area contributed by atoms with Gasteiger partial charge in [0.25, 0.3) is 5.91 Å². The maximum absolute atomic E-state index is 12.6. The van der Waals surface area contributed by atoms with Gasteiger partial charge in [-0.1, -0.05) is 61.5 Å². The average molecular weight is 714 g/mol. The molecular weight excluding hydrogens is 654 g/mol. The van der Waals surface area contributed by atoms with E-state index in [9.17, 15) is 28.8 Å². The molecule has 17 nitrogen and oxygen atoms in total. The molecule has 0 aliphatic carbocycles. The van der Waals surface area contributed by atoms with Gasteiger partial charge in [0.1, 0.15) is 12.6 Å². The number of esters is 1. The Labute approximate surface area is 295 Å². The number of hydrogen-bond donors (Lipinski definition) is 8. The molecule has 0 aliphatic rings. The summed E-state index contributed by atoms with van der Waals surface area (Å²) in [5.41, 5.74) is 7.20. The first kappa shape index (κ1) is 49.8. The van der Waals surface area contributed by atoms with E-state index in [2.05, 4.69) is 49.6 Å². The number of rotatable bonds is 17. The maximum Gasteiger partial charge on any atom is 0.308 e. The quantitative estimate of drug-likeness (QED) is 0.0641. The maximum atomic E-state index is 12.6. The topological polar surface area (TPSA) is 256 Å². The first-order valence-corrected chi connectivity index (χ1v) is 16.2. The van der Waals surface area contributed by atoms with Crippen LogP contribution in [0, 0.1) is 11.8 Å². The Morgan fingerprint density at radius 2 is 1.54 bits per heavy atom. The third-order valence-electron chi connectivity index (χ3n) is 5.84. The highest BCUT2D eigenvalue weighted by atomic mass is 16.6. The molecule has 0 saturated carbocycles. The Morgan fingerprint density at radius 3 is 1.96 bits per heavy atom. The summed E-state index contributed by atoms with van der Waals surface area (Å²) in [5, 5.41) is 21.5. The van der Waals surface area contributed by atoms with Gasteiger partial charge in [-0.25, -0.2) is 5.48 Å². The summed E-state index contributed by atoms with van der Waals surface area (Å²) in [7, 11) is 3.24. The Bertz CT molecular complexity index is 1180. The first-order valence-electron chi connectivity index (χ1n) is 16.2. The average Bonchev–Trinajstić information content (AvgIpc) is 3.05. The van der Waals surface area contributed by atoms with Crippen molar-refractivity contribution in [3.05, 3.63) is 29.3 Å². The number of nitrogens with two attached hydrogens (primary N) is 1. The van der Waals surface area contributed by atoms with E-state index in [0.29, 0.717) is 5.56 Å². The van der Waals surface area contributed by atoms with Crippen LogP contribution in [-0.4, -0.2) is 93.0 Å². The highest BCUT2D eigenvalue weighted by molar-refractivity contribution is 5.99. The SMILES string of the molecule is CCC(=O)O.CCCNC.CONC(=O)c1cc(NC(=O)CNC(=O)C(NC(=O)CNC(C)C)C(C)C)ccc1COC(=O)C(C)C.NC=O. The molecule has 1 aromatic carbocycles. The van der Waals surface area contributed by atoms with E-state index < -0.39 is 35.7 Å². The minimum Gasteiger partial charge on any atom is -0.481 e. The Kier molecular flexibility index (Phi) is 30.3. The van der Waals surface area contributed by atoms with Crippen LogP contribution < -0.4 is 37.8 Å². The van der Waals surface area contributed by atoms with Gasteiger partial charge in [0.05, 0.1) is 31.7 Å². The molecule has 1 atom stereocenters. The molecule has 5 amide bonds. The molecule has 0 aliphatic heterocycles. The van der Waals surface area contributed by atoms with Gasteiger partial charge in [0, 0.05) is 23.7 Å². The van der Waals surface area contributed by atoms with Gasteiger partial charge in [-0.05, 0) is 38.1 Å². The lowest BCUT2D eigenvalue weighted by atomic mass is 10.0. The lowest BCUT2D eigenvalue weighted by Crippen LogP contribution is -2.52. The number of aliphatic carboxylic acids is 1. The summed E-state index contributed by atoms with van der Waals surface area (Å²) in [4.78, 5) is 84.1. The molecule has 1 rings (SSSR count). The van der Waals surface area contributed by atoms with Crippen LogP contribution in [0.3, 0.4) is 0 Å². The van der Waals surface area contributed by atoms with E-state index in [-0.39, 0.29) is 67.6 Å². The van der Waals surface area contributed by atoms with Crippen LogP contribution in [0.1, 0.15) is 84.2 Å². The molecule has 1 aromatic rings.